The first-order valence-electron chi connectivity index (χ1n) is 9.28. The Morgan fingerprint density at radius 2 is 1.86 bits per heavy atom. The molecule has 1 amide bonds. The molecule has 0 spiro atoms. The van der Waals surface area contributed by atoms with Crippen LogP contribution in [0.5, 0.6) is 0 Å². The van der Waals surface area contributed by atoms with E-state index in [4.69, 9.17) is 5.26 Å². The fourth-order valence-electron chi connectivity index (χ4n) is 3.38. The Kier molecular flexibility index (Phi) is 6.04. The maximum absolute atomic E-state index is 12.4. The van der Waals surface area contributed by atoms with E-state index in [-0.39, 0.29) is 17.3 Å². The summed E-state index contributed by atoms with van der Waals surface area (Å²) in [5.74, 6) is 0.475. The average molecular weight is 394 g/mol. The molecule has 29 heavy (non-hydrogen) atoms. The van der Waals surface area contributed by atoms with Gasteiger partial charge in [0.2, 0.25) is 11.6 Å². The largest absolute Gasteiger partial charge is 0.354 e. The van der Waals surface area contributed by atoms with Gasteiger partial charge in [0.25, 0.3) is 0 Å². The van der Waals surface area contributed by atoms with Crippen LogP contribution in [0.3, 0.4) is 0 Å². The Bertz CT molecular complexity index is 956. The number of anilines is 2. The number of benzene rings is 1. The third-order valence-electron chi connectivity index (χ3n) is 4.97. The van der Waals surface area contributed by atoms with E-state index in [2.05, 4.69) is 15.2 Å². The van der Waals surface area contributed by atoms with E-state index in [1.807, 2.05) is 36.9 Å². The first-order valence-corrected chi connectivity index (χ1v) is 9.28. The highest BCUT2D eigenvalue weighted by molar-refractivity contribution is 5.93. The number of hydrogen-bond acceptors (Lipinski definition) is 7. The number of rotatable bonds is 5. The fraction of sp³-hybridized carbons (Fsp3) is 0.350. The minimum atomic E-state index is -0.609. The topological polar surface area (TPSA) is 115 Å². The molecule has 0 aliphatic carbocycles. The first-order chi connectivity index (χ1) is 13.9. The van der Waals surface area contributed by atoms with Crippen molar-refractivity contribution in [2.24, 2.45) is 0 Å². The van der Waals surface area contributed by atoms with Crippen molar-refractivity contribution in [1.29, 1.82) is 5.26 Å². The monoisotopic (exact) mass is 394 g/mol. The third-order valence-corrected chi connectivity index (χ3v) is 4.97. The van der Waals surface area contributed by atoms with Gasteiger partial charge in [0.1, 0.15) is 11.9 Å². The van der Waals surface area contributed by atoms with Gasteiger partial charge in [0.15, 0.2) is 0 Å². The average Bonchev–Trinajstić information content (AvgIpc) is 2.71. The van der Waals surface area contributed by atoms with Crippen LogP contribution in [0.4, 0.5) is 17.2 Å². The van der Waals surface area contributed by atoms with E-state index in [0.29, 0.717) is 38.5 Å². The molecular weight excluding hydrogens is 372 g/mol. The molecule has 1 fully saturated rings. The number of hydrogen-bond donors (Lipinski definition) is 1. The van der Waals surface area contributed by atoms with Gasteiger partial charge in [0.05, 0.1) is 11.5 Å². The highest BCUT2D eigenvalue weighted by atomic mass is 16.6. The van der Waals surface area contributed by atoms with Gasteiger partial charge in [-0.3, -0.25) is 19.8 Å². The third kappa shape index (κ3) is 4.67. The number of nitriles is 1. The summed E-state index contributed by atoms with van der Waals surface area (Å²) in [6.07, 6.45) is 0. The van der Waals surface area contributed by atoms with Crippen LogP contribution in [0, 0.1) is 35.3 Å². The van der Waals surface area contributed by atoms with Crippen molar-refractivity contribution in [2.45, 2.75) is 13.8 Å². The van der Waals surface area contributed by atoms with Crippen molar-refractivity contribution in [2.75, 3.05) is 42.9 Å². The fourth-order valence-corrected chi connectivity index (χ4v) is 3.38. The second kappa shape index (κ2) is 8.67. The highest BCUT2D eigenvalue weighted by Gasteiger charge is 2.23. The lowest BCUT2D eigenvalue weighted by Gasteiger charge is -2.35. The van der Waals surface area contributed by atoms with Crippen molar-refractivity contribution in [3.8, 4) is 6.07 Å². The maximum Gasteiger partial charge on any atom is 0.305 e. The van der Waals surface area contributed by atoms with Crippen LogP contribution in [0.2, 0.25) is 0 Å². The summed E-state index contributed by atoms with van der Waals surface area (Å²) >= 11 is 0. The van der Waals surface area contributed by atoms with E-state index >= 15 is 0 Å². The van der Waals surface area contributed by atoms with Crippen LogP contribution in [0.15, 0.2) is 30.3 Å². The molecule has 1 aromatic heterocycles. The predicted molar refractivity (Wildman–Crippen MR) is 109 cm³/mol. The molecule has 0 bridgehead atoms. The molecule has 9 heteroatoms. The number of nitrogens with zero attached hydrogens (tertiary/aromatic N) is 5. The van der Waals surface area contributed by atoms with E-state index in [9.17, 15) is 14.9 Å². The van der Waals surface area contributed by atoms with E-state index in [1.165, 1.54) is 6.07 Å². The van der Waals surface area contributed by atoms with Crippen LogP contribution in [-0.2, 0) is 4.79 Å². The lowest BCUT2D eigenvalue weighted by molar-refractivity contribution is -0.385. The highest BCUT2D eigenvalue weighted by Crippen LogP contribution is 2.22. The van der Waals surface area contributed by atoms with Gasteiger partial charge in [-0.2, -0.15) is 5.26 Å². The van der Waals surface area contributed by atoms with Crippen molar-refractivity contribution in [3.63, 3.8) is 0 Å². The van der Waals surface area contributed by atoms with E-state index in [1.54, 1.807) is 12.1 Å². The Morgan fingerprint density at radius 1 is 1.21 bits per heavy atom. The number of amides is 1. The number of para-hydroxylation sites is 1. The molecule has 1 aliphatic rings. The molecule has 1 saturated heterocycles. The summed E-state index contributed by atoms with van der Waals surface area (Å²) in [6, 6.07) is 10.5. The summed E-state index contributed by atoms with van der Waals surface area (Å²) in [4.78, 5) is 30.9. The Hall–Kier alpha value is -3.51. The molecule has 0 unspecified atom stereocenters. The molecule has 2 aromatic rings. The summed E-state index contributed by atoms with van der Waals surface area (Å²) in [5.41, 5.74) is 2.43. The molecule has 9 nitrogen and oxygen atoms in total. The normalized spacial score (nSPS) is 14.3. The molecule has 150 valence electrons. The summed E-state index contributed by atoms with van der Waals surface area (Å²) in [6.45, 7) is 6.76. The number of nitrogens with one attached hydrogen (secondary N) is 1. The summed E-state index contributed by atoms with van der Waals surface area (Å²) in [5, 5.41) is 23.0. The van der Waals surface area contributed by atoms with Crippen molar-refractivity contribution in [1.82, 2.24) is 9.88 Å². The second-order valence-electron chi connectivity index (χ2n) is 6.98. The van der Waals surface area contributed by atoms with Gasteiger partial charge in [-0.15, -0.1) is 0 Å². The van der Waals surface area contributed by atoms with Gasteiger partial charge < -0.3 is 10.2 Å². The van der Waals surface area contributed by atoms with Gasteiger partial charge in [-0.1, -0.05) is 18.2 Å². The van der Waals surface area contributed by atoms with Crippen LogP contribution < -0.4 is 10.2 Å². The molecule has 0 saturated carbocycles. The Balaban J connectivity index is 1.57. The molecule has 1 N–H and O–H groups in total. The van der Waals surface area contributed by atoms with Crippen LogP contribution >= 0.6 is 0 Å². The van der Waals surface area contributed by atoms with Gasteiger partial charge in [-0.05, 0) is 31.0 Å². The number of carbonyl (C=O) groups excluding carboxylic acids is 1. The standard InChI is InChI=1S/C20H22N6O3/c1-14-4-3-5-15(2)20(14)23-19(27)13-24-8-10-25(11-9-24)18-7-6-17(26(28)29)16(12-21)22-18/h3-7H,8-11,13H2,1-2H3,(H,23,27). The number of pyridine rings is 1. The molecule has 1 aromatic carbocycles. The van der Waals surface area contributed by atoms with Crippen LogP contribution in [0.25, 0.3) is 0 Å². The number of aromatic nitrogens is 1. The zero-order valence-corrected chi connectivity index (χ0v) is 16.4. The van der Waals surface area contributed by atoms with Crippen molar-refractivity contribution >= 4 is 23.1 Å². The smallest absolute Gasteiger partial charge is 0.305 e. The lowest BCUT2D eigenvalue weighted by Crippen LogP contribution is -2.49. The quantitative estimate of drug-likeness (QED) is 0.611. The first kappa shape index (κ1) is 20.2. The lowest BCUT2D eigenvalue weighted by atomic mass is 10.1. The zero-order chi connectivity index (χ0) is 21.0. The molecule has 1 aliphatic heterocycles. The van der Waals surface area contributed by atoms with Gasteiger partial charge in [-0.25, -0.2) is 4.98 Å². The molecular formula is C20H22N6O3. The van der Waals surface area contributed by atoms with Crippen LogP contribution in [0.1, 0.15) is 16.8 Å². The van der Waals surface area contributed by atoms with Crippen LogP contribution in [-0.4, -0.2) is 53.4 Å². The predicted octanol–water partition coefficient (Wildman–Crippen LogP) is 2.24. The zero-order valence-electron chi connectivity index (χ0n) is 16.4. The molecule has 0 atom stereocenters. The van der Waals surface area contributed by atoms with Gasteiger partial charge >= 0.3 is 5.69 Å². The minimum Gasteiger partial charge on any atom is -0.354 e. The number of nitro groups is 1. The van der Waals surface area contributed by atoms with Crippen molar-refractivity contribution < 1.29 is 9.72 Å². The second-order valence-corrected chi connectivity index (χ2v) is 6.98. The Labute approximate surface area is 168 Å². The number of carbonyl (C=O) groups is 1. The van der Waals surface area contributed by atoms with Crippen molar-refractivity contribution in [3.05, 3.63) is 57.3 Å². The van der Waals surface area contributed by atoms with E-state index < -0.39 is 4.92 Å². The molecule has 3 rings (SSSR count). The summed E-state index contributed by atoms with van der Waals surface area (Å²) in [7, 11) is 0. The molecule has 2 heterocycles. The number of aryl methyl sites for hydroxylation is 2. The summed E-state index contributed by atoms with van der Waals surface area (Å²) < 4.78 is 0. The maximum atomic E-state index is 12.4. The van der Waals surface area contributed by atoms with Gasteiger partial charge in [0, 0.05) is 37.9 Å². The molecule has 0 radical (unpaired) electrons. The number of piperazine rings is 1. The Morgan fingerprint density at radius 3 is 2.45 bits per heavy atom. The SMILES string of the molecule is Cc1cccc(C)c1NC(=O)CN1CCN(c2ccc([N+](=O)[O-])c(C#N)n2)CC1. The van der Waals surface area contributed by atoms with E-state index in [0.717, 1.165) is 16.8 Å². The minimum absolute atomic E-state index is 0.0592.